The Morgan fingerprint density at radius 2 is 1.77 bits per heavy atom. The van der Waals surface area contributed by atoms with Crippen molar-refractivity contribution < 1.29 is 4.74 Å². The standard InChI is InChI=1S/C18H18N2OS/c1-13(14-6-4-3-5-7-14)19-18-20-17(12-22-18)15-8-10-16(21-2)11-9-15/h3-13H,1-2H3,(H,19,20)/t13-/m1/s1. The minimum Gasteiger partial charge on any atom is -0.497 e. The van der Waals surface area contributed by atoms with Gasteiger partial charge < -0.3 is 10.1 Å². The minimum atomic E-state index is 0.232. The van der Waals surface area contributed by atoms with Crippen LogP contribution in [-0.4, -0.2) is 12.1 Å². The summed E-state index contributed by atoms with van der Waals surface area (Å²) in [5.74, 6) is 0.857. The molecule has 0 unspecified atom stereocenters. The first kappa shape index (κ1) is 14.6. The maximum absolute atomic E-state index is 5.18. The van der Waals surface area contributed by atoms with E-state index in [9.17, 15) is 0 Å². The zero-order valence-electron chi connectivity index (χ0n) is 12.6. The third kappa shape index (κ3) is 3.28. The van der Waals surface area contributed by atoms with Gasteiger partial charge in [0, 0.05) is 10.9 Å². The average molecular weight is 310 g/mol. The maximum atomic E-state index is 5.18. The fraction of sp³-hybridized carbons (Fsp3) is 0.167. The van der Waals surface area contributed by atoms with E-state index in [4.69, 9.17) is 4.74 Å². The van der Waals surface area contributed by atoms with E-state index in [1.54, 1.807) is 18.4 Å². The van der Waals surface area contributed by atoms with Gasteiger partial charge in [-0.2, -0.15) is 0 Å². The number of methoxy groups -OCH3 is 1. The van der Waals surface area contributed by atoms with Crippen LogP contribution in [0, 0.1) is 0 Å². The molecule has 3 rings (SSSR count). The van der Waals surface area contributed by atoms with E-state index in [2.05, 4.69) is 46.9 Å². The highest BCUT2D eigenvalue weighted by molar-refractivity contribution is 7.14. The zero-order valence-corrected chi connectivity index (χ0v) is 13.4. The summed E-state index contributed by atoms with van der Waals surface area (Å²) in [6, 6.07) is 18.6. The molecule has 0 bridgehead atoms. The van der Waals surface area contributed by atoms with Crippen LogP contribution in [-0.2, 0) is 0 Å². The minimum absolute atomic E-state index is 0.232. The van der Waals surface area contributed by atoms with Crippen LogP contribution in [0.5, 0.6) is 5.75 Å². The van der Waals surface area contributed by atoms with Crippen LogP contribution in [0.1, 0.15) is 18.5 Å². The first-order valence-electron chi connectivity index (χ1n) is 7.17. The van der Waals surface area contributed by atoms with Crippen molar-refractivity contribution in [3.8, 4) is 17.0 Å². The molecule has 3 aromatic rings. The number of nitrogens with zero attached hydrogens (tertiary/aromatic N) is 1. The third-order valence-electron chi connectivity index (χ3n) is 3.53. The van der Waals surface area contributed by atoms with Crippen LogP contribution in [0.25, 0.3) is 11.3 Å². The van der Waals surface area contributed by atoms with Crippen molar-refractivity contribution in [1.82, 2.24) is 4.98 Å². The fourth-order valence-corrected chi connectivity index (χ4v) is 3.05. The van der Waals surface area contributed by atoms with Crippen molar-refractivity contribution in [2.75, 3.05) is 12.4 Å². The number of nitrogens with one attached hydrogen (secondary N) is 1. The van der Waals surface area contributed by atoms with Crippen LogP contribution >= 0.6 is 11.3 Å². The number of ether oxygens (including phenoxy) is 1. The molecule has 0 amide bonds. The Hall–Kier alpha value is -2.33. The first-order valence-corrected chi connectivity index (χ1v) is 8.05. The number of anilines is 1. The molecule has 1 atom stereocenters. The molecule has 4 heteroatoms. The Labute approximate surface area is 134 Å². The molecule has 1 N–H and O–H groups in total. The summed E-state index contributed by atoms with van der Waals surface area (Å²) in [7, 11) is 1.67. The Balaban J connectivity index is 1.73. The number of thiazole rings is 1. The molecule has 0 radical (unpaired) electrons. The molecular formula is C18H18N2OS. The van der Waals surface area contributed by atoms with Gasteiger partial charge in [0.25, 0.3) is 0 Å². The van der Waals surface area contributed by atoms with Gasteiger partial charge in [0.1, 0.15) is 5.75 Å². The zero-order chi connectivity index (χ0) is 15.4. The van der Waals surface area contributed by atoms with Crippen molar-refractivity contribution >= 4 is 16.5 Å². The highest BCUT2D eigenvalue weighted by atomic mass is 32.1. The van der Waals surface area contributed by atoms with Crippen molar-refractivity contribution in [3.05, 3.63) is 65.5 Å². The van der Waals surface area contributed by atoms with Crippen LogP contribution in [0.2, 0.25) is 0 Å². The lowest BCUT2D eigenvalue weighted by atomic mass is 10.1. The summed E-state index contributed by atoms with van der Waals surface area (Å²) in [5, 5.41) is 6.46. The van der Waals surface area contributed by atoms with Gasteiger partial charge in [-0.15, -0.1) is 11.3 Å². The van der Waals surface area contributed by atoms with Gasteiger partial charge in [0.15, 0.2) is 5.13 Å². The summed E-state index contributed by atoms with van der Waals surface area (Å²) < 4.78 is 5.18. The number of hydrogen-bond acceptors (Lipinski definition) is 4. The van der Waals surface area contributed by atoms with Gasteiger partial charge in [-0.3, -0.25) is 0 Å². The van der Waals surface area contributed by atoms with Gasteiger partial charge in [0.2, 0.25) is 0 Å². The smallest absolute Gasteiger partial charge is 0.183 e. The fourth-order valence-electron chi connectivity index (χ4n) is 2.24. The number of rotatable bonds is 5. The van der Waals surface area contributed by atoms with E-state index in [0.29, 0.717) is 0 Å². The molecule has 0 saturated heterocycles. The summed E-state index contributed by atoms with van der Waals surface area (Å²) in [6.07, 6.45) is 0. The topological polar surface area (TPSA) is 34.1 Å². The van der Waals surface area contributed by atoms with Crippen LogP contribution < -0.4 is 10.1 Å². The summed E-state index contributed by atoms with van der Waals surface area (Å²) in [5.41, 5.74) is 3.33. The van der Waals surface area contributed by atoms with Crippen molar-refractivity contribution in [1.29, 1.82) is 0 Å². The van der Waals surface area contributed by atoms with E-state index >= 15 is 0 Å². The van der Waals surface area contributed by atoms with E-state index in [-0.39, 0.29) is 6.04 Å². The van der Waals surface area contributed by atoms with Crippen molar-refractivity contribution in [2.24, 2.45) is 0 Å². The molecule has 0 fully saturated rings. The van der Waals surface area contributed by atoms with E-state index in [0.717, 1.165) is 22.1 Å². The monoisotopic (exact) mass is 310 g/mol. The average Bonchev–Trinajstić information content (AvgIpc) is 3.04. The molecule has 112 valence electrons. The molecule has 22 heavy (non-hydrogen) atoms. The Morgan fingerprint density at radius 1 is 1.05 bits per heavy atom. The molecule has 0 aliphatic carbocycles. The van der Waals surface area contributed by atoms with Crippen molar-refractivity contribution in [2.45, 2.75) is 13.0 Å². The lowest BCUT2D eigenvalue weighted by molar-refractivity contribution is 0.415. The van der Waals surface area contributed by atoms with Gasteiger partial charge in [-0.25, -0.2) is 4.98 Å². The van der Waals surface area contributed by atoms with Crippen LogP contribution in [0.3, 0.4) is 0 Å². The summed E-state index contributed by atoms with van der Waals surface area (Å²) >= 11 is 1.62. The third-order valence-corrected chi connectivity index (χ3v) is 4.30. The predicted molar refractivity (Wildman–Crippen MR) is 92.6 cm³/mol. The van der Waals surface area contributed by atoms with Crippen LogP contribution in [0.15, 0.2) is 60.0 Å². The number of hydrogen-bond donors (Lipinski definition) is 1. The normalized spacial score (nSPS) is 11.9. The lowest BCUT2D eigenvalue weighted by Crippen LogP contribution is -2.05. The Kier molecular flexibility index (Phi) is 4.39. The van der Waals surface area contributed by atoms with Gasteiger partial charge in [-0.05, 0) is 36.8 Å². The quantitative estimate of drug-likeness (QED) is 0.720. The maximum Gasteiger partial charge on any atom is 0.183 e. The second kappa shape index (κ2) is 6.62. The second-order valence-corrected chi connectivity index (χ2v) is 5.90. The number of aromatic nitrogens is 1. The highest BCUT2D eigenvalue weighted by Gasteiger charge is 2.09. The van der Waals surface area contributed by atoms with E-state index in [1.807, 2.05) is 30.3 Å². The molecule has 0 saturated carbocycles. The molecule has 3 nitrogen and oxygen atoms in total. The molecular weight excluding hydrogens is 292 g/mol. The number of benzene rings is 2. The largest absolute Gasteiger partial charge is 0.497 e. The molecule has 2 aromatic carbocycles. The Bertz CT molecular complexity index is 722. The predicted octanol–water partition coefficient (Wildman–Crippen LogP) is 4.99. The molecule has 0 aliphatic rings. The summed E-state index contributed by atoms with van der Waals surface area (Å²) in [6.45, 7) is 2.14. The molecule has 1 aromatic heterocycles. The Morgan fingerprint density at radius 3 is 2.45 bits per heavy atom. The lowest BCUT2D eigenvalue weighted by Gasteiger charge is -2.12. The van der Waals surface area contributed by atoms with Crippen molar-refractivity contribution in [3.63, 3.8) is 0 Å². The van der Waals surface area contributed by atoms with E-state index in [1.165, 1.54) is 5.56 Å². The summed E-state index contributed by atoms with van der Waals surface area (Å²) in [4.78, 5) is 4.67. The second-order valence-electron chi connectivity index (χ2n) is 5.04. The van der Waals surface area contributed by atoms with Gasteiger partial charge in [-0.1, -0.05) is 30.3 Å². The van der Waals surface area contributed by atoms with Crippen LogP contribution in [0.4, 0.5) is 5.13 Å². The van der Waals surface area contributed by atoms with Gasteiger partial charge >= 0.3 is 0 Å². The van der Waals surface area contributed by atoms with Gasteiger partial charge in [0.05, 0.1) is 18.8 Å². The molecule has 0 spiro atoms. The highest BCUT2D eigenvalue weighted by Crippen LogP contribution is 2.28. The molecule has 0 aliphatic heterocycles. The van der Waals surface area contributed by atoms with E-state index < -0.39 is 0 Å². The first-order chi connectivity index (χ1) is 10.8. The SMILES string of the molecule is COc1ccc(-c2csc(N[C@H](C)c3ccccc3)n2)cc1. The molecule has 1 heterocycles.